The lowest BCUT2D eigenvalue weighted by Crippen LogP contribution is -2.11. The van der Waals surface area contributed by atoms with Gasteiger partial charge in [-0.25, -0.2) is 0 Å². The summed E-state index contributed by atoms with van der Waals surface area (Å²) in [4.78, 5) is 31.8. The zero-order valence-corrected chi connectivity index (χ0v) is 16.8. The fraction of sp³-hybridized carbons (Fsp3) is 0.167. The molecule has 2 N–H and O–H groups in total. The molecule has 28 heavy (non-hydrogen) atoms. The lowest BCUT2D eigenvalue weighted by molar-refractivity contribution is 1.34. The van der Waals surface area contributed by atoms with E-state index in [9.17, 15) is 9.59 Å². The molecule has 0 unspecified atom stereocenters. The maximum atomic E-state index is 12.7. The highest BCUT2D eigenvalue weighted by Gasteiger charge is 2.11. The van der Waals surface area contributed by atoms with Crippen molar-refractivity contribution in [3.63, 3.8) is 0 Å². The van der Waals surface area contributed by atoms with Gasteiger partial charge >= 0.3 is 0 Å². The number of hydrogen-bond donors (Lipinski definition) is 2. The van der Waals surface area contributed by atoms with E-state index in [-0.39, 0.29) is 10.9 Å². The number of pyridine rings is 2. The molecule has 0 aliphatic rings. The Morgan fingerprint density at radius 1 is 0.714 bits per heavy atom. The van der Waals surface area contributed by atoms with Crippen LogP contribution in [-0.4, -0.2) is 9.97 Å². The highest BCUT2D eigenvalue weighted by Crippen LogP contribution is 2.21. The van der Waals surface area contributed by atoms with Gasteiger partial charge in [0.25, 0.3) is 0 Å². The van der Waals surface area contributed by atoms with Gasteiger partial charge in [-0.3, -0.25) is 9.59 Å². The number of hydrogen-bond acceptors (Lipinski definition) is 2. The zero-order chi connectivity index (χ0) is 20.8. The van der Waals surface area contributed by atoms with Crippen molar-refractivity contribution in [2.45, 2.75) is 27.7 Å². The lowest BCUT2D eigenvalue weighted by atomic mass is 10.0. The molecule has 2 heterocycles. The fourth-order valence-electron chi connectivity index (χ4n) is 3.11. The summed E-state index contributed by atoms with van der Waals surface area (Å²) in [6.45, 7) is 15.4. The fourth-order valence-corrected chi connectivity index (χ4v) is 3.11. The molecule has 4 aromatic rings. The van der Waals surface area contributed by atoms with Gasteiger partial charge < -0.3 is 9.97 Å². The second-order valence-corrected chi connectivity index (χ2v) is 5.63. The second-order valence-electron chi connectivity index (χ2n) is 5.63. The van der Waals surface area contributed by atoms with Crippen LogP contribution in [0.25, 0.3) is 44.9 Å². The zero-order valence-electron chi connectivity index (χ0n) is 16.8. The Morgan fingerprint density at radius 2 is 1.29 bits per heavy atom. The topological polar surface area (TPSA) is 65.7 Å². The van der Waals surface area contributed by atoms with Crippen LogP contribution in [0, 0.1) is 0 Å². The average molecular weight is 374 g/mol. The van der Waals surface area contributed by atoms with Crippen LogP contribution in [0.2, 0.25) is 0 Å². The van der Waals surface area contributed by atoms with E-state index in [1.54, 1.807) is 24.3 Å². The predicted molar refractivity (Wildman–Crippen MR) is 123 cm³/mol. The summed E-state index contributed by atoms with van der Waals surface area (Å²) in [5.74, 6) is 0. The Morgan fingerprint density at radius 3 is 1.89 bits per heavy atom. The third-order valence-electron chi connectivity index (χ3n) is 4.30. The summed E-state index contributed by atoms with van der Waals surface area (Å²) < 4.78 is 0. The molecule has 0 saturated heterocycles. The van der Waals surface area contributed by atoms with Gasteiger partial charge in [0.15, 0.2) is 10.9 Å². The van der Waals surface area contributed by atoms with E-state index in [4.69, 9.17) is 0 Å². The van der Waals surface area contributed by atoms with Gasteiger partial charge in [-0.05, 0) is 30.3 Å². The van der Waals surface area contributed by atoms with Crippen LogP contribution in [0.5, 0.6) is 0 Å². The van der Waals surface area contributed by atoms with Crippen LogP contribution >= 0.6 is 0 Å². The van der Waals surface area contributed by atoms with Crippen molar-refractivity contribution in [2.24, 2.45) is 0 Å². The van der Waals surface area contributed by atoms with Gasteiger partial charge in [0.05, 0.1) is 11.0 Å². The minimum atomic E-state index is -0.135. The summed E-state index contributed by atoms with van der Waals surface area (Å²) in [6.07, 6.45) is 3.09. The molecule has 4 rings (SSSR count). The second kappa shape index (κ2) is 9.00. The number of nitrogens with one attached hydrogen (secondary N) is 2. The Bertz CT molecular complexity index is 1280. The maximum absolute atomic E-state index is 12.7. The maximum Gasteiger partial charge on any atom is 0.197 e. The van der Waals surface area contributed by atoms with E-state index in [1.807, 2.05) is 45.9 Å². The van der Waals surface area contributed by atoms with Gasteiger partial charge in [-0.2, -0.15) is 0 Å². The van der Waals surface area contributed by atoms with E-state index >= 15 is 0 Å². The minimum Gasteiger partial charge on any atom is -0.354 e. The van der Waals surface area contributed by atoms with Crippen molar-refractivity contribution in [1.82, 2.24) is 9.97 Å². The van der Waals surface area contributed by atoms with Crippen molar-refractivity contribution in [3.05, 3.63) is 81.3 Å². The first-order valence-corrected chi connectivity index (χ1v) is 9.53. The van der Waals surface area contributed by atoms with Gasteiger partial charge in [0.2, 0.25) is 0 Å². The van der Waals surface area contributed by atoms with E-state index < -0.39 is 0 Å². The lowest BCUT2D eigenvalue weighted by Gasteiger charge is -2.08. The number of H-pyrrole nitrogens is 2. The van der Waals surface area contributed by atoms with E-state index in [0.717, 1.165) is 5.52 Å². The van der Waals surface area contributed by atoms with Crippen LogP contribution in [0.1, 0.15) is 39.0 Å². The monoisotopic (exact) mass is 374 g/mol. The molecule has 0 aliphatic heterocycles. The number of rotatable bonds is 2. The molecule has 0 saturated carbocycles. The first kappa shape index (κ1) is 20.9. The third kappa shape index (κ3) is 3.41. The van der Waals surface area contributed by atoms with E-state index in [0.29, 0.717) is 38.4 Å². The van der Waals surface area contributed by atoms with Crippen LogP contribution in [0.4, 0.5) is 0 Å². The molecule has 0 amide bonds. The summed E-state index contributed by atoms with van der Waals surface area (Å²) >= 11 is 0. The van der Waals surface area contributed by atoms with Crippen molar-refractivity contribution in [3.8, 4) is 0 Å². The summed E-state index contributed by atoms with van der Waals surface area (Å²) in [7, 11) is 0. The normalized spacial score (nSPS) is 10.0. The third-order valence-corrected chi connectivity index (χ3v) is 4.30. The number of benzene rings is 2. The van der Waals surface area contributed by atoms with Gasteiger partial charge in [-0.15, -0.1) is 0 Å². The number of para-hydroxylation sites is 1. The van der Waals surface area contributed by atoms with Gasteiger partial charge in [-0.1, -0.05) is 59.1 Å². The smallest absolute Gasteiger partial charge is 0.197 e. The number of aromatic amines is 2. The molecule has 0 aliphatic carbocycles. The van der Waals surface area contributed by atoms with E-state index in [2.05, 4.69) is 23.1 Å². The Kier molecular flexibility index (Phi) is 6.72. The minimum absolute atomic E-state index is 0.0601. The molecule has 0 bridgehead atoms. The molecule has 2 aromatic heterocycles. The molecule has 4 heteroatoms. The van der Waals surface area contributed by atoms with Crippen molar-refractivity contribution in [2.75, 3.05) is 0 Å². The Hall–Kier alpha value is -3.40. The molecule has 4 nitrogen and oxygen atoms in total. The van der Waals surface area contributed by atoms with Crippen LogP contribution in [0.15, 0.2) is 59.1 Å². The SMILES string of the molecule is C=Cc1[nH]c2cc3c(=O)c4ccccc4[nH]c3cc2c(=O)c1C=C.CC.CC. The van der Waals surface area contributed by atoms with E-state index in [1.165, 1.54) is 6.08 Å². The summed E-state index contributed by atoms with van der Waals surface area (Å²) in [6, 6.07) is 10.8. The Labute approximate surface area is 164 Å². The standard InChI is InChI=1S/C20H14N2O2.2C2H6/c1-3-11-15(4-2)21-17-10-14-18(9-13(17)19(11)23)22-16-8-6-5-7-12(16)20(14)24;2*1-2/h3-10H,1-2H2,(H,21,23)(H,22,24);2*1-2H3. The van der Waals surface area contributed by atoms with Crippen molar-refractivity contribution < 1.29 is 0 Å². The molecule has 2 aromatic carbocycles. The summed E-state index contributed by atoms with van der Waals surface area (Å²) in [5.41, 5.74) is 2.86. The van der Waals surface area contributed by atoms with Crippen LogP contribution in [0.3, 0.4) is 0 Å². The van der Waals surface area contributed by atoms with Gasteiger partial charge in [0, 0.05) is 32.9 Å². The molecule has 0 spiro atoms. The number of fused-ring (bicyclic) bond motifs is 3. The quantitative estimate of drug-likeness (QED) is 0.432. The van der Waals surface area contributed by atoms with Crippen molar-refractivity contribution >= 4 is 44.9 Å². The van der Waals surface area contributed by atoms with Gasteiger partial charge in [0.1, 0.15) is 0 Å². The first-order valence-electron chi connectivity index (χ1n) is 9.53. The average Bonchev–Trinajstić information content (AvgIpc) is 2.76. The first-order chi connectivity index (χ1) is 13.6. The molecular weight excluding hydrogens is 348 g/mol. The van der Waals surface area contributed by atoms with Crippen LogP contribution in [-0.2, 0) is 0 Å². The Balaban J connectivity index is 0.000000660. The molecule has 144 valence electrons. The highest BCUT2D eigenvalue weighted by atomic mass is 16.1. The molecule has 0 fully saturated rings. The van der Waals surface area contributed by atoms with Crippen LogP contribution < -0.4 is 10.9 Å². The molecule has 0 radical (unpaired) electrons. The highest BCUT2D eigenvalue weighted by molar-refractivity contribution is 6.00. The molecular formula is C24H26N2O2. The largest absolute Gasteiger partial charge is 0.354 e. The summed E-state index contributed by atoms with van der Waals surface area (Å²) in [5, 5.41) is 1.67. The van der Waals surface area contributed by atoms with Crippen molar-refractivity contribution in [1.29, 1.82) is 0 Å². The predicted octanol–water partition coefficient (Wildman–Crippen LogP) is 5.86. The number of aromatic nitrogens is 2. The molecule has 0 atom stereocenters.